The van der Waals surface area contributed by atoms with E-state index in [0.717, 1.165) is 53.0 Å². The Bertz CT molecular complexity index is 1440. The fourth-order valence-electron chi connectivity index (χ4n) is 4.37. The van der Waals surface area contributed by atoms with Crippen molar-refractivity contribution < 1.29 is 14.3 Å². The van der Waals surface area contributed by atoms with Crippen molar-refractivity contribution in [3.05, 3.63) is 69.3 Å². The lowest BCUT2D eigenvalue weighted by molar-refractivity contribution is -0.113. The number of hydrogen-bond acceptors (Lipinski definition) is 7. The molecule has 2 heterocycles. The van der Waals surface area contributed by atoms with Gasteiger partial charge in [-0.1, -0.05) is 11.8 Å². The van der Waals surface area contributed by atoms with E-state index >= 15 is 0 Å². The SMILES string of the molecule is CCOc1ccc(-n2c(SCC(=O)Nc3ccc(OC)cc3)nc3sc4c(c3c2=O)CCCC4)cc1. The molecule has 5 rings (SSSR count). The molecule has 2 aromatic carbocycles. The number of amides is 1. The molecule has 0 radical (unpaired) electrons. The normalized spacial score (nSPS) is 12.8. The molecule has 1 aliphatic carbocycles. The largest absolute Gasteiger partial charge is 0.497 e. The second-order valence-corrected chi connectivity index (χ2v) is 10.4. The first-order valence-electron chi connectivity index (χ1n) is 11.9. The van der Waals surface area contributed by atoms with Crippen LogP contribution in [0.5, 0.6) is 11.5 Å². The van der Waals surface area contributed by atoms with Gasteiger partial charge in [0.15, 0.2) is 5.16 Å². The van der Waals surface area contributed by atoms with E-state index in [1.165, 1.54) is 16.6 Å². The highest BCUT2D eigenvalue weighted by Gasteiger charge is 2.23. The first-order chi connectivity index (χ1) is 17.6. The lowest BCUT2D eigenvalue weighted by Crippen LogP contribution is -2.23. The van der Waals surface area contributed by atoms with Gasteiger partial charge in [-0.25, -0.2) is 4.98 Å². The molecule has 0 saturated carbocycles. The number of fused-ring (bicyclic) bond motifs is 3. The number of thiophene rings is 1. The van der Waals surface area contributed by atoms with Gasteiger partial charge < -0.3 is 14.8 Å². The van der Waals surface area contributed by atoms with Crippen molar-refractivity contribution in [2.45, 2.75) is 37.8 Å². The molecular weight excluding hydrogens is 494 g/mol. The minimum absolute atomic E-state index is 0.0818. The van der Waals surface area contributed by atoms with Gasteiger partial charge in [0.2, 0.25) is 5.91 Å². The Hall–Kier alpha value is -3.30. The van der Waals surface area contributed by atoms with E-state index in [1.54, 1.807) is 47.3 Å². The summed E-state index contributed by atoms with van der Waals surface area (Å²) in [6, 6.07) is 14.6. The minimum atomic E-state index is -0.178. The third-order valence-corrected chi connectivity index (χ3v) is 8.19. The molecule has 1 aliphatic rings. The molecule has 7 nitrogen and oxygen atoms in total. The van der Waals surface area contributed by atoms with Crippen molar-refractivity contribution in [1.82, 2.24) is 9.55 Å². The zero-order chi connectivity index (χ0) is 25.1. The van der Waals surface area contributed by atoms with Crippen LogP contribution < -0.4 is 20.3 Å². The quantitative estimate of drug-likeness (QED) is 0.245. The zero-order valence-corrected chi connectivity index (χ0v) is 21.8. The van der Waals surface area contributed by atoms with E-state index in [0.29, 0.717) is 23.1 Å². The molecule has 0 bridgehead atoms. The number of anilines is 1. The van der Waals surface area contributed by atoms with Gasteiger partial charge in [0, 0.05) is 10.6 Å². The standard InChI is InChI=1S/C27H27N3O4S2/c1-3-34-20-14-10-18(11-15-20)30-26(32)24-21-6-4-5-7-22(21)36-25(24)29-27(30)35-16-23(31)28-17-8-12-19(33-2)13-9-17/h8-15H,3-7,16H2,1-2H3,(H,28,31). The van der Waals surface area contributed by atoms with Crippen LogP contribution in [0.2, 0.25) is 0 Å². The topological polar surface area (TPSA) is 82.4 Å². The Balaban J connectivity index is 1.48. The molecule has 0 aliphatic heterocycles. The smallest absolute Gasteiger partial charge is 0.267 e. The monoisotopic (exact) mass is 521 g/mol. The van der Waals surface area contributed by atoms with Gasteiger partial charge in [0.25, 0.3) is 5.56 Å². The van der Waals surface area contributed by atoms with Crippen molar-refractivity contribution >= 4 is 44.9 Å². The van der Waals surface area contributed by atoms with Gasteiger partial charge in [-0.15, -0.1) is 11.3 Å². The van der Waals surface area contributed by atoms with Gasteiger partial charge >= 0.3 is 0 Å². The number of nitrogens with zero attached hydrogens (tertiary/aromatic N) is 2. The van der Waals surface area contributed by atoms with Crippen LogP contribution in [0.25, 0.3) is 15.9 Å². The highest BCUT2D eigenvalue weighted by atomic mass is 32.2. The van der Waals surface area contributed by atoms with Crippen molar-refractivity contribution in [2.75, 3.05) is 24.8 Å². The summed E-state index contributed by atoms with van der Waals surface area (Å²) in [6.45, 7) is 2.50. The second-order valence-electron chi connectivity index (χ2n) is 8.42. The van der Waals surface area contributed by atoms with Gasteiger partial charge in [-0.05, 0) is 86.7 Å². The number of nitrogens with one attached hydrogen (secondary N) is 1. The molecule has 36 heavy (non-hydrogen) atoms. The van der Waals surface area contributed by atoms with Crippen molar-refractivity contribution in [3.63, 3.8) is 0 Å². The Labute approximate surface area is 217 Å². The fraction of sp³-hybridized carbons (Fsp3) is 0.296. The molecule has 0 saturated heterocycles. The predicted molar refractivity (Wildman–Crippen MR) is 145 cm³/mol. The Morgan fingerprint density at radius 2 is 1.81 bits per heavy atom. The molecule has 4 aromatic rings. The van der Waals surface area contributed by atoms with Gasteiger partial charge in [0.05, 0.1) is 30.5 Å². The number of carbonyl (C=O) groups excluding carboxylic acids is 1. The molecule has 1 N–H and O–H groups in total. The lowest BCUT2D eigenvalue weighted by atomic mass is 9.97. The molecule has 0 atom stereocenters. The molecule has 0 spiro atoms. The summed E-state index contributed by atoms with van der Waals surface area (Å²) in [5, 5.41) is 4.11. The number of methoxy groups -OCH3 is 1. The number of aryl methyl sites for hydroxylation is 2. The number of carbonyl (C=O) groups is 1. The molecule has 0 unspecified atom stereocenters. The summed E-state index contributed by atoms with van der Waals surface area (Å²) in [5.41, 5.74) is 2.44. The fourth-order valence-corrected chi connectivity index (χ4v) is 6.49. The van der Waals surface area contributed by atoms with Crippen molar-refractivity contribution in [3.8, 4) is 17.2 Å². The highest BCUT2D eigenvalue weighted by molar-refractivity contribution is 7.99. The van der Waals surface area contributed by atoms with E-state index in [4.69, 9.17) is 14.5 Å². The van der Waals surface area contributed by atoms with Crippen LogP contribution in [0.3, 0.4) is 0 Å². The number of thioether (sulfide) groups is 1. The van der Waals surface area contributed by atoms with Gasteiger partial charge in [-0.2, -0.15) is 0 Å². The summed E-state index contributed by atoms with van der Waals surface area (Å²) in [4.78, 5) is 33.5. The average molecular weight is 522 g/mol. The minimum Gasteiger partial charge on any atom is -0.497 e. The van der Waals surface area contributed by atoms with Crippen LogP contribution in [0, 0.1) is 0 Å². The summed E-state index contributed by atoms with van der Waals surface area (Å²) in [5.74, 6) is 1.40. The molecule has 0 fully saturated rings. The third kappa shape index (κ3) is 4.99. The van der Waals surface area contributed by atoms with Crippen LogP contribution in [0.1, 0.15) is 30.2 Å². The van der Waals surface area contributed by atoms with E-state index in [-0.39, 0.29) is 17.2 Å². The number of rotatable bonds is 8. The molecule has 186 valence electrons. The van der Waals surface area contributed by atoms with Gasteiger partial charge in [0.1, 0.15) is 16.3 Å². The van der Waals surface area contributed by atoms with E-state index in [9.17, 15) is 9.59 Å². The van der Waals surface area contributed by atoms with E-state index < -0.39 is 0 Å². The Morgan fingerprint density at radius 3 is 2.53 bits per heavy atom. The summed E-state index contributed by atoms with van der Waals surface area (Å²) < 4.78 is 12.4. The third-order valence-electron chi connectivity index (χ3n) is 6.07. The predicted octanol–water partition coefficient (Wildman–Crippen LogP) is 5.46. The maximum absolute atomic E-state index is 13.9. The molecular formula is C27H27N3O4S2. The first kappa shape index (κ1) is 24.4. The maximum atomic E-state index is 13.9. The summed E-state index contributed by atoms with van der Waals surface area (Å²) >= 11 is 2.87. The zero-order valence-electron chi connectivity index (χ0n) is 20.2. The first-order valence-corrected chi connectivity index (χ1v) is 13.7. The van der Waals surface area contributed by atoms with Crippen molar-refractivity contribution in [2.24, 2.45) is 0 Å². The van der Waals surface area contributed by atoms with Gasteiger partial charge in [-0.3, -0.25) is 14.2 Å². The molecule has 1 amide bonds. The second kappa shape index (κ2) is 10.8. The molecule has 2 aromatic heterocycles. The number of benzene rings is 2. The van der Waals surface area contributed by atoms with E-state index in [2.05, 4.69) is 5.32 Å². The number of hydrogen-bond donors (Lipinski definition) is 1. The average Bonchev–Trinajstić information content (AvgIpc) is 3.27. The highest BCUT2D eigenvalue weighted by Crippen LogP contribution is 2.35. The number of aromatic nitrogens is 2. The van der Waals surface area contributed by atoms with E-state index in [1.807, 2.05) is 31.2 Å². The Morgan fingerprint density at radius 1 is 1.08 bits per heavy atom. The van der Waals surface area contributed by atoms with Crippen LogP contribution in [0.4, 0.5) is 5.69 Å². The maximum Gasteiger partial charge on any atom is 0.267 e. The van der Waals surface area contributed by atoms with Crippen molar-refractivity contribution in [1.29, 1.82) is 0 Å². The van der Waals surface area contributed by atoms with Crippen LogP contribution in [-0.4, -0.2) is 34.9 Å². The van der Waals surface area contributed by atoms with Crippen LogP contribution in [-0.2, 0) is 17.6 Å². The van der Waals surface area contributed by atoms with Crippen LogP contribution >= 0.6 is 23.1 Å². The lowest BCUT2D eigenvalue weighted by Gasteiger charge is -2.14. The number of ether oxygens (including phenoxy) is 2. The van der Waals surface area contributed by atoms with Crippen LogP contribution in [0.15, 0.2) is 58.5 Å². The summed E-state index contributed by atoms with van der Waals surface area (Å²) in [6.07, 6.45) is 4.13. The Kier molecular flexibility index (Phi) is 7.29. The summed E-state index contributed by atoms with van der Waals surface area (Å²) in [7, 11) is 1.60. The molecule has 9 heteroatoms.